The number of nitrogens with one attached hydrogen (secondary N) is 1. The third-order valence-corrected chi connectivity index (χ3v) is 5.90. The largest absolute Gasteiger partial charge is 0.411 e. The Hall–Kier alpha value is -1.82. The van der Waals surface area contributed by atoms with Gasteiger partial charge >= 0.3 is 0 Å². The van der Waals surface area contributed by atoms with Crippen molar-refractivity contribution in [3.05, 3.63) is 29.3 Å². The van der Waals surface area contributed by atoms with E-state index in [1.807, 2.05) is 32.9 Å². The number of nitrogens with zero attached hydrogens (tertiary/aromatic N) is 2. The molecule has 5 nitrogen and oxygen atoms in total. The zero-order valence-corrected chi connectivity index (χ0v) is 16.7. The summed E-state index contributed by atoms with van der Waals surface area (Å²) in [5.74, 6) is 1.08. The van der Waals surface area contributed by atoms with Crippen LogP contribution in [0.1, 0.15) is 50.7 Å². The molecule has 3 atom stereocenters. The summed E-state index contributed by atoms with van der Waals surface area (Å²) >= 11 is 1.31. The monoisotopic (exact) mass is 373 g/mol. The van der Waals surface area contributed by atoms with E-state index in [9.17, 15) is 4.79 Å². The Morgan fingerprint density at radius 2 is 1.88 bits per heavy atom. The van der Waals surface area contributed by atoms with E-state index in [2.05, 4.69) is 28.5 Å². The first-order chi connectivity index (χ1) is 12.4. The maximum absolute atomic E-state index is 12.5. The number of rotatable bonds is 5. The van der Waals surface area contributed by atoms with E-state index in [1.165, 1.54) is 31.0 Å². The van der Waals surface area contributed by atoms with Crippen molar-refractivity contribution >= 4 is 17.7 Å². The molecular formula is C20H27N3O2S. The number of amides is 1. The molecule has 0 radical (unpaired) electrons. The maximum Gasteiger partial charge on any atom is 0.277 e. The number of aromatic nitrogens is 2. The average molecular weight is 374 g/mol. The molecule has 1 fully saturated rings. The normalized spacial score (nSPS) is 21.4. The summed E-state index contributed by atoms with van der Waals surface area (Å²) in [6, 6.07) is 6.44. The summed E-state index contributed by atoms with van der Waals surface area (Å²) in [6.45, 7) is 8.19. The number of hydrogen-bond acceptors (Lipinski definition) is 5. The first kappa shape index (κ1) is 19.0. The molecule has 6 heteroatoms. The Bertz CT molecular complexity index is 754. The van der Waals surface area contributed by atoms with E-state index < -0.39 is 0 Å². The summed E-state index contributed by atoms with van der Waals surface area (Å²) in [5, 5.41) is 11.6. The number of aryl methyl sites for hydroxylation is 2. The fourth-order valence-corrected chi connectivity index (χ4v) is 4.20. The molecule has 1 saturated carbocycles. The molecule has 1 aromatic heterocycles. The Morgan fingerprint density at radius 1 is 1.19 bits per heavy atom. The molecular weight excluding hydrogens is 346 g/mol. The second kappa shape index (κ2) is 8.25. The van der Waals surface area contributed by atoms with Crippen molar-refractivity contribution in [3.63, 3.8) is 0 Å². The average Bonchev–Trinajstić information content (AvgIpc) is 3.04. The van der Waals surface area contributed by atoms with Crippen molar-refractivity contribution in [2.75, 3.05) is 0 Å². The highest BCUT2D eigenvalue weighted by molar-refractivity contribution is 8.00. The molecule has 0 aliphatic heterocycles. The number of thioether (sulfide) groups is 1. The summed E-state index contributed by atoms with van der Waals surface area (Å²) < 4.78 is 5.77. The van der Waals surface area contributed by atoms with Gasteiger partial charge in [-0.2, -0.15) is 0 Å². The van der Waals surface area contributed by atoms with Gasteiger partial charge in [0.2, 0.25) is 11.8 Å². The van der Waals surface area contributed by atoms with Crippen LogP contribution in [-0.2, 0) is 4.79 Å². The van der Waals surface area contributed by atoms with Gasteiger partial charge in [-0.05, 0) is 51.7 Å². The molecule has 1 N–H and O–H groups in total. The first-order valence-corrected chi connectivity index (χ1v) is 10.2. The Balaban J connectivity index is 1.62. The van der Waals surface area contributed by atoms with Crippen LogP contribution in [0.2, 0.25) is 0 Å². The number of carbonyl (C=O) groups is 1. The van der Waals surface area contributed by atoms with Gasteiger partial charge in [-0.3, -0.25) is 4.79 Å². The zero-order chi connectivity index (χ0) is 18.7. The number of benzene rings is 1. The topological polar surface area (TPSA) is 68.0 Å². The molecule has 0 spiro atoms. The number of carbonyl (C=O) groups excluding carboxylic acids is 1. The van der Waals surface area contributed by atoms with Crippen molar-refractivity contribution < 1.29 is 9.21 Å². The van der Waals surface area contributed by atoms with Crippen molar-refractivity contribution in [3.8, 4) is 11.5 Å². The molecule has 0 bridgehead atoms. The second-order valence-electron chi connectivity index (χ2n) is 7.39. The van der Waals surface area contributed by atoms with E-state index in [4.69, 9.17) is 4.42 Å². The van der Waals surface area contributed by atoms with Crippen LogP contribution in [0.25, 0.3) is 11.5 Å². The van der Waals surface area contributed by atoms with Crippen LogP contribution in [0, 0.1) is 19.8 Å². The van der Waals surface area contributed by atoms with Crippen LogP contribution >= 0.6 is 11.8 Å². The molecule has 1 aliphatic carbocycles. The van der Waals surface area contributed by atoms with E-state index in [-0.39, 0.29) is 17.2 Å². The summed E-state index contributed by atoms with van der Waals surface area (Å²) in [7, 11) is 0. The second-order valence-corrected chi connectivity index (χ2v) is 8.68. The van der Waals surface area contributed by atoms with E-state index in [0.717, 1.165) is 23.1 Å². The molecule has 2 aromatic rings. The Kier molecular flexibility index (Phi) is 6.01. The van der Waals surface area contributed by atoms with Crippen LogP contribution in [0.3, 0.4) is 0 Å². The zero-order valence-electron chi connectivity index (χ0n) is 15.9. The van der Waals surface area contributed by atoms with E-state index >= 15 is 0 Å². The summed E-state index contributed by atoms with van der Waals surface area (Å²) in [6.07, 6.45) is 4.72. The molecule has 1 aliphatic rings. The molecule has 140 valence electrons. The summed E-state index contributed by atoms with van der Waals surface area (Å²) in [5.41, 5.74) is 3.22. The van der Waals surface area contributed by atoms with Gasteiger partial charge in [0, 0.05) is 11.6 Å². The van der Waals surface area contributed by atoms with Gasteiger partial charge in [-0.15, -0.1) is 10.2 Å². The quantitative estimate of drug-likeness (QED) is 0.780. The first-order valence-electron chi connectivity index (χ1n) is 9.31. The molecule has 1 amide bonds. The minimum atomic E-state index is -0.267. The third kappa shape index (κ3) is 4.67. The van der Waals surface area contributed by atoms with Gasteiger partial charge in [0.1, 0.15) is 0 Å². The predicted octanol–water partition coefficient (Wildman–Crippen LogP) is 4.53. The predicted molar refractivity (Wildman–Crippen MR) is 104 cm³/mol. The van der Waals surface area contributed by atoms with Crippen LogP contribution in [0.5, 0.6) is 0 Å². The minimum Gasteiger partial charge on any atom is -0.411 e. The molecule has 3 rings (SSSR count). The lowest BCUT2D eigenvalue weighted by molar-refractivity contribution is -0.121. The van der Waals surface area contributed by atoms with Crippen LogP contribution in [-0.4, -0.2) is 27.4 Å². The third-order valence-electron chi connectivity index (χ3n) is 4.96. The van der Waals surface area contributed by atoms with Crippen LogP contribution in [0.15, 0.2) is 27.8 Å². The Morgan fingerprint density at radius 3 is 2.58 bits per heavy atom. The smallest absolute Gasteiger partial charge is 0.277 e. The van der Waals surface area contributed by atoms with E-state index in [0.29, 0.717) is 17.0 Å². The fraction of sp³-hybridized carbons (Fsp3) is 0.550. The van der Waals surface area contributed by atoms with Gasteiger partial charge in [-0.1, -0.05) is 48.7 Å². The lowest BCUT2D eigenvalue weighted by Crippen LogP contribution is -2.44. The van der Waals surface area contributed by atoms with Gasteiger partial charge in [0.15, 0.2) is 0 Å². The van der Waals surface area contributed by atoms with Crippen LogP contribution in [0.4, 0.5) is 0 Å². The highest BCUT2D eigenvalue weighted by Gasteiger charge is 2.26. The van der Waals surface area contributed by atoms with Crippen molar-refractivity contribution in [1.29, 1.82) is 0 Å². The fourth-order valence-electron chi connectivity index (χ4n) is 3.51. The molecule has 26 heavy (non-hydrogen) atoms. The van der Waals surface area contributed by atoms with E-state index in [1.54, 1.807) is 0 Å². The van der Waals surface area contributed by atoms with Gasteiger partial charge in [0.25, 0.3) is 5.22 Å². The van der Waals surface area contributed by atoms with Crippen LogP contribution < -0.4 is 5.32 Å². The van der Waals surface area contributed by atoms with Crippen molar-refractivity contribution in [2.45, 2.75) is 69.9 Å². The maximum atomic E-state index is 12.5. The molecule has 1 heterocycles. The molecule has 0 unspecified atom stereocenters. The lowest BCUT2D eigenvalue weighted by Gasteiger charge is -2.30. The molecule has 1 aromatic carbocycles. The van der Waals surface area contributed by atoms with Crippen molar-refractivity contribution in [2.24, 2.45) is 5.92 Å². The molecule has 0 saturated heterocycles. The highest BCUT2D eigenvalue weighted by Crippen LogP contribution is 2.28. The minimum absolute atomic E-state index is 0.0416. The standard InChI is InChI=1S/C20H27N3O2S/c1-12-9-13(2)11-16(10-12)19-22-23-20(25-19)26-15(4)18(24)21-17-8-6-5-7-14(17)3/h9-11,14-15,17H,5-8H2,1-4H3,(H,21,24)/t14-,15+,17+/m0/s1. The lowest BCUT2D eigenvalue weighted by atomic mass is 9.86. The van der Waals surface area contributed by atoms with Gasteiger partial charge in [0.05, 0.1) is 5.25 Å². The SMILES string of the molecule is Cc1cc(C)cc(-c2nnc(S[C@H](C)C(=O)N[C@@H]3CCCC[C@@H]3C)o2)c1. The van der Waals surface area contributed by atoms with Crippen molar-refractivity contribution in [1.82, 2.24) is 15.5 Å². The van der Waals surface area contributed by atoms with Gasteiger partial charge in [-0.25, -0.2) is 0 Å². The highest BCUT2D eigenvalue weighted by atomic mass is 32.2. The Labute approximate surface area is 159 Å². The summed E-state index contributed by atoms with van der Waals surface area (Å²) in [4.78, 5) is 12.5. The number of hydrogen-bond donors (Lipinski definition) is 1. The van der Waals surface area contributed by atoms with Gasteiger partial charge < -0.3 is 9.73 Å².